The maximum Gasteiger partial charge on any atom is 0.389 e. The van der Waals surface area contributed by atoms with Gasteiger partial charge in [0.25, 0.3) is 0 Å². The summed E-state index contributed by atoms with van der Waals surface area (Å²) in [4.78, 5) is 0. The van der Waals surface area contributed by atoms with Gasteiger partial charge < -0.3 is 10.1 Å². The minimum absolute atomic E-state index is 0.106. The lowest BCUT2D eigenvalue weighted by molar-refractivity contribution is -0.135. The standard InChI is InChI=1S/C15H21BrF3NO/c1-3-9-20-14(5-4-8-15(17,18)19)12-10-11(21-2)6-7-13(12)16/h6-7,10,14,20H,3-5,8-9H2,1-2H3. The van der Waals surface area contributed by atoms with Crippen LogP contribution in [0.15, 0.2) is 22.7 Å². The van der Waals surface area contributed by atoms with Crippen LogP contribution in [0.4, 0.5) is 13.2 Å². The van der Waals surface area contributed by atoms with Crippen molar-refractivity contribution in [2.45, 2.75) is 44.8 Å². The van der Waals surface area contributed by atoms with E-state index < -0.39 is 12.6 Å². The van der Waals surface area contributed by atoms with Gasteiger partial charge in [-0.25, -0.2) is 0 Å². The van der Waals surface area contributed by atoms with Gasteiger partial charge in [0.15, 0.2) is 0 Å². The average Bonchev–Trinajstić information content (AvgIpc) is 2.42. The molecule has 21 heavy (non-hydrogen) atoms. The van der Waals surface area contributed by atoms with Crippen LogP contribution in [0, 0.1) is 0 Å². The van der Waals surface area contributed by atoms with Gasteiger partial charge in [0.1, 0.15) is 5.75 Å². The van der Waals surface area contributed by atoms with Crippen molar-refractivity contribution < 1.29 is 17.9 Å². The first-order valence-electron chi connectivity index (χ1n) is 7.01. The predicted octanol–water partition coefficient (Wildman–Crippen LogP) is 5.23. The zero-order chi connectivity index (χ0) is 15.9. The van der Waals surface area contributed by atoms with Crippen molar-refractivity contribution in [3.8, 4) is 5.75 Å². The maximum atomic E-state index is 12.3. The average molecular weight is 368 g/mol. The van der Waals surface area contributed by atoms with Gasteiger partial charge in [-0.15, -0.1) is 0 Å². The minimum atomic E-state index is -4.10. The smallest absolute Gasteiger partial charge is 0.389 e. The minimum Gasteiger partial charge on any atom is -0.497 e. The van der Waals surface area contributed by atoms with Crippen LogP contribution in [-0.4, -0.2) is 19.8 Å². The van der Waals surface area contributed by atoms with Gasteiger partial charge in [-0.3, -0.25) is 0 Å². The van der Waals surface area contributed by atoms with Crippen molar-refractivity contribution in [1.29, 1.82) is 0 Å². The molecule has 0 heterocycles. The Labute approximate surface area is 132 Å². The summed E-state index contributed by atoms with van der Waals surface area (Å²) in [5.74, 6) is 0.701. The van der Waals surface area contributed by atoms with E-state index in [1.165, 1.54) is 0 Å². The van der Waals surface area contributed by atoms with Gasteiger partial charge in [-0.2, -0.15) is 13.2 Å². The van der Waals surface area contributed by atoms with Crippen LogP contribution >= 0.6 is 15.9 Å². The molecule has 0 spiro atoms. The fourth-order valence-corrected chi connectivity index (χ4v) is 2.63. The molecular weight excluding hydrogens is 347 g/mol. The quantitative estimate of drug-likeness (QED) is 0.678. The summed E-state index contributed by atoms with van der Waals surface area (Å²) < 4.78 is 43.0. The summed E-state index contributed by atoms with van der Waals surface area (Å²) in [6.07, 6.45) is -3.38. The highest BCUT2D eigenvalue weighted by Crippen LogP contribution is 2.32. The Hall–Kier alpha value is -0.750. The molecular formula is C15H21BrF3NO. The van der Waals surface area contributed by atoms with E-state index in [0.717, 1.165) is 23.0 Å². The lowest BCUT2D eigenvalue weighted by atomic mass is 10.0. The molecule has 1 N–H and O–H groups in total. The molecule has 1 aromatic carbocycles. The number of nitrogens with one attached hydrogen (secondary N) is 1. The fourth-order valence-electron chi connectivity index (χ4n) is 2.11. The van der Waals surface area contributed by atoms with E-state index in [1.807, 2.05) is 25.1 Å². The number of halogens is 4. The Morgan fingerprint density at radius 2 is 2.05 bits per heavy atom. The number of methoxy groups -OCH3 is 1. The molecule has 120 valence electrons. The summed E-state index contributed by atoms with van der Waals surface area (Å²) >= 11 is 3.47. The molecule has 2 nitrogen and oxygen atoms in total. The lowest BCUT2D eigenvalue weighted by Gasteiger charge is -2.21. The fraction of sp³-hybridized carbons (Fsp3) is 0.600. The van der Waals surface area contributed by atoms with E-state index in [0.29, 0.717) is 12.2 Å². The summed E-state index contributed by atoms with van der Waals surface area (Å²) in [5.41, 5.74) is 0.935. The van der Waals surface area contributed by atoms with Crippen molar-refractivity contribution in [2.75, 3.05) is 13.7 Å². The van der Waals surface area contributed by atoms with Crippen LogP contribution in [0.1, 0.15) is 44.2 Å². The van der Waals surface area contributed by atoms with Crippen LogP contribution in [0.3, 0.4) is 0 Å². The summed E-state index contributed by atoms with van der Waals surface area (Å²) in [6, 6.07) is 5.43. The molecule has 0 radical (unpaired) electrons. The van der Waals surface area contributed by atoms with Crippen LogP contribution in [-0.2, 0) is 0 Å². The second-order valence-corrected chi connectivity index (χ2v) is 5.76. The molecule has 0 fully saturated rings. The molecule has 1 aromatic rings. The van der Waals surface area contributed by atoms with Gasteiger partial charge in [-0.1, -0.05) is 22.9 Å². The number of rotatable bonds is 8. The molecule has 0 saturated carbocycles. The van der Waals surface area contributed by atoms with E-state index in [-0.39, 0.29) is 12.5 Å². The molecule has 0 aliphatic heterocycles. The van der Waals surface area contributed by atoms with Crippen molar-refractivity contribution >= 4 is 15.9 Å². The highest BCUT2D eigenvalue weighted by atomic mass is 79.9. The van der Waals surface area contributed by atoms with E-state index in [4.69, 9.17) is 4.74 Å². The molecule has 1 atom stereocenters. The zero-order valence-electron chi connectivity index (χ0n) is 12.3. The van der Waals surface area contributed by atoms with Crippen molar-refractivity contribution in [3.05, 3.63) is 28.2 Å². The van der Waals surface area contributed by atoms with E-state index in [9.17, 15) is 13.2 Å². The summed E-state index contributed by atoms with van der Waals surface area (Å²) in [7, 11) is 1.57. The number of benzene rings is 1. The third-order valence-corrected chi connectivity index (χ3v) is 3.89. The van der Waals surface area contributed by atoms with Gasteiger partial charge in [0, 0.05) is 16.9 Å². The van der Waals surface area contributed by atoms with Gasteiger partial charge in [0.05, 0.1) is 7.11 Å². The number of hydrogen-bond acceptors (Lipinski definition) is 2. The largest absolute Gasteiger partial charge is 0.497 e. The Balaban J connectivity index is 2.81. The van der Waals surface area contributed by atoms with Crippen molar-refractivity contribution in [1.82, 2.24) is 5.32 Å². The van der Waals surface area contributed by atoms with Crippen molar-refractivity contribution in [3.63, 3.8) is 0 Å². The van der Waals surface area contributed by atoms with Gasteiger partial charge in [0.2, 0.25) is 0 Å². The van der Waals surface area contributed by atoms with Crippen LogP contribution in [0.5, 0.6) is 5.75 Å². The summed E-state index contributed by atoms with van der Waals surface area (Å²) in [6.45, 7) is 2.79. The lowest BCUT2D eigenvalue weighted by Crippen LogP contribution is -2.23. The molecule has 0 amide bonds. The monoisotopic (exact) mass is 367 g/mol. The summed E-state index contributed by atoms with van der Waals surface area (Å²) in [5, 5.41) is 3.31. The Bertz CT molecular complexity index is 437. The van der Waals surface area contributed by atoms with E-state index in [2.05, 4.69) is 21.2 Å². The second kappa shape index (κ2) is 8.63. The normalized spacial score (nSPS) is 13.2. The number of ether oxygens (including phenoxy) is 1. The topological polar surface area (TPSA) is 21.3 Å². The highest BCUT2D eigenvalue weighted by molar-refractivity contribution is 9.10. The first kappa shape index (κ1) is 18.3. The predicted molar refractivity (Wildman–Crippen MR) is 81.6 cm³/mol. The molecule has 0 bridgehead atoms. The third-order valence-electron chi connectivity index (χ3n) is 3.17. The SMILES string of the molecule is CCCNC(CCCC(F)(F)F)c1cc(OC)ccc1Br. The molecule has 0 saturated heterocycles. The van der Waals surface area contributed by atoms with Crippen LogP contribution < -0.4 is 10.1 Å². The maximum absolute atomic E-state index is 12.3. The van der Waals surface area contributed by atoms with E-state index >= 15 is 0 Å². The first-order chi connectivity index (χ1) is 9.87. The molecule has 0 aliphatic carbocycles. The van der Waals surface area contributed by atoms with Crippen molar-refractivity contribution in [2.24, 2.45) is 0 Å². The molecule has 0 aromatic heterocycles. The third kappa shape index (κ3) is 6.70. The second-order valence-electron chi connectivity index (χ2n) is 4.90. The highest BCUT2D eigenvalue weighted by Gasteiger charge is 2.27. The van der Waals surface area contributed by atoms with Crippen LogP contribution in [0.2, 0.25) is 0 Å². The van der Waals surface area contributed by atoms with Crippen LogP contribution in [0.25, 0.3) is 0 Å². The number of hydrogen-bond donors (Lipinski definition) is 1. The molecule has 1 rings (SSSR count). The molecule has 0 aliphatic rings. The molecule has 6 heteroatoms. The zero-order valence-corrected chi connectivity index (χ0v) is 13.9. The Morgan fingerprint density at radius 3 is 2.62 bits per heavy atom. The Morgan fingerprint density at radius 1 is 1.33 bits per heavy atom. The first-order valence-corrected chi connectivity index (χ1v) is 7.80. The Kier molecular flexibility index (Phi) is 7.52. The molecule has 1 unspecified atom stereocenters. The van der Waals surface area contributed by atoms with Gasteiger partial charge in [-0.05, 0) is 49.6 Å². The van der Waals surface area contributed by atoms with Gasteiger partial charge >= 0.3 is 6.18 Å². The van der Waals surface area contributed by atoms with E-state index in [1.54, 1.807) is 7.11 Å². The number of alkyl halides is 3.